The Labute approximate surface area is 97.7 Å². The minimum Gasteiger partial charge on any atom is -0.396 e. The molecule has 0 aliphatic carbocycles. The molecule has 2 rings (SSSR count). The Kier molecular flexibility index (Phi) is 3.62. The van der Waals surface area contributed by atoms with E-state index in [-0.39, 0.29) is 0 Å². The number of hydrogen-bond acceptors (Lipinski definition) is 2. The van der Waals surface area contributed by atoms with Crippen LogP contribution in [0, 0.1) is 19.8 Å². The minimum atomic E-state index is 0.312. The summed E-state index contributed by atoms with van der Waals surface area (Å²) in [4.78, 5) is 0. The molecule has 88 valence electrons. The molecule has 2 atom stereocenters. The minimum absolute atomic E-state index is 0.312. The maximum Gasteiger partial charge on any atom is 0.0471 e. The van der Waals surface area contributed by atoms with E-state index in [0.717, 1.165) is 19.4 Å². The number of hydrogen-bond donors (Lipinski definition) is 2. The third kappa shape index (κ3) is 2.45. The molecule has 1 fully saturated rings. The van der Waals surface area contributed by atoms with Gasteiger partial charge in [0.2, 0.25) is 0 Å². The van der Waals surface area contributed by atoms with Crippen LogP contribution in [0.5, 0.6) is 0 Å². The van der Waals surface area contributed by atoms with Gasteiger partial charge in [0, 0.05) is 19.2 Å². The van der Waals surface area contributed by atoms with E-state index in [4.69, 9.17) is 5.11 Å². The number of piperidine rings is 1. The molecule has 16 heavy (non-hydrogen) atoms. The first-order chi connectivity index (χ1) is 7.70. The lowest BCUT2D eigenvalue weighted by Gasteiger charge is -2.29. The van der Waals surface area contributed by atoms with Crippen LogP contribution >= 0.6 is 0 Å². The van der Waals surface area contributed by atoms with Crippen LogP contribution in [0.15, 0.2) is 18.2 Å². The summed E-state index contributed by atoms with van der Waals surface area (Å²) in [6.45, 7) is 5.56. The van der Waals surface area contributed by atoms with Crippen LogP contribution in [0.3, 0.4) is 0 Å². The number of nitrogens with one attached hydrogen (secondary N) is 1. The summed E-state index contributed by atoms with van der Waals surface area (Å²) in [5.74, 6) is 0.447. The number of aliphatic hydroxyl groups excluding tert-OH is 1. The molecule has 1 heterocycles. The van der Waals surface area contributed by atoms with E-state index in [1.54, 1.807) is 0 Å². The third-order valence-electron chi connectivity index (χ3n) is 3.71. The highest BCUT2D eigenvalue weighted by Gasteiger charge is 2.21. The molecule has 1 aliphatic rings. The van der Waals surface area contributed by atoms with Gasteiger partial charge in [-0.05, 0) is 49.3 Å². The van der Waals surface area contributed by atoms with Crippen LogP contribution in [0.25, 0.3) is 0 Å². The fourth-order valence-electron chi connectivity index (χ4n) is 2.34. The molecule has 0 radical (unpaired) electrons. The van der Waals surface area contributed by atoms with Crippen molar-refractivity contribution in [3.63, 3.8) is 0 Å². The van der Waals surface area contributed by atoms with Crippen LogP contribution in [0.4, 0.5) is 0 Å². The molecule has 2 unspecified atom stereocenters. The average molecular weight is 219 g/mol. The third-order valence-corrected chi connectivity index (χ3v) is 3.71. The van der Waals surface area contributed by atoms with Crippen LogP contribution < -0.4 is 5.32 Å². The van der Waals surface area contributed by atoms with E-state index in [1.807, 2.05) is 0 Å². The second-order valence-electron chi connectivity index (χ2n) is 4.93. The van der Waals surface area contributed by atoms with Gasteiger partial charge in [-0.3, -0.25) is 0 Å². The molecule has 1 aliphatic heterocycles. The summed E-state index contributed by atoms with van der Waals surface area (Å²) in [7, 11) is 0. The second-order valence-corrected chi connectivity index (χ2v) is 4.93. The van der Waals surface area contributed by atoms with E-state index in [2.05, 4.69) is 37.4 Å². The standard InChI is InChI=1S/C14H21NO/c1-10-3-5-13(7-11(10)2)14-6-4-12(9-16)8-15-14/h3,5,7,12,14-16H,4,6,8-9H2,1-2H3. The van der Waals surface area contributed by atoms with E-state index in [1.165, 1.54) is 16.7 Å². The maximum atomic E-state index is 9.09. The van der Waals surface area contributed by atoms with Gasteiger partial charge in [0.1, 0.15) is 0 Å². The molecule has 0 bridgehead atoms. The van der Waals surface area contributed by atoms with Gasteiger partial charge in [-0.15, -0.1) is 0 Å². The van der Waals surface area contributed by atoms with Gasteiger partial charge < -0.3 is 10.4 Å². The fraction of sp³-hybridized carbons (Fsp3) is 0.571. The highest BCUT2D eigenvalue weighted by atomic mass is 16.3. The number of aryl methyl sites for hydroxylation is 2. The largest absolute Gasteiger partial charge is 0.396 e. The smallest absolute Gasteiger partial charge is 0.0471 e. The fourth-order valence-corrected chi connectivity index (χ4v) is 2.34. The Morgan fingerprint density at radius 3 is 2.62 bits per heavy atom. The van der Waals surface area contributed by atoms with Gasteiger partial charge >= 0.3 is 0 Å². The Balaban J connectivity index is 2.05. The Morgan fingerprint density at radius 2 is 2.06 bits per heavy atom. The zero-order chi connectivity index (χ0) is 11.5. The van der Waals surface area contributed by atoms with Gasteiger partial charge in [0.25, 0.3) is 0 Å². The lowest BCUT2D eigenvalue weighted by atomic mass is 9.90. The number of rotatable bonds is 2. The van der Waals surface area contributed by atoms with Crippen molar-refractivity contribution in [1.29, 1.82) is 0 Å². The van der Waals surface area contributed by atoms with Crippen molar-refractivity contribution in [2.45, 2.75) is 32.7 Å². The normalized spacial score (nSPS) is 25.7. The molecule has 1 aromatic carbocycles. The molecule has 0 spiro atoms. The zero-order valence-corrected chi connectivity index (χ0v) is 10.2. The van der Waals surface area contributed by atoms with Crippen molar-refractivity contribution in [3.8, 4) is 0 Å². The van der Waals surface area contributed by atoms with Gasteiger partial charge in [0.05, 0.1) is 0 Å². The van der Waals surface area contributed by atoms with E-state index in [0.29, 0.717) is 18.6 Å². The van der Waals surface area contributed by atoms with Gasteiger partial charge in [-0.25, -0.2) is 0 Å². The van der Waals surface area contributed by atoms with E-state index in [9.17, 15) is 0 Å². The van der Waals surface area contributed by atoms with Gasteiger partial charge in [0.15, 0.2) is 0 Å². The molecular weight excluding hydrogens is 198 g/mol. The highest BCUT2D eigenvalue weighted by Crippen LogP contribution is 2.26. The topological polar surface area (TPSA) is 32.3 Å². The average Bonchev–Trinajstić information content (AvgIpc) is 2.33. The molecular formula is C14H21NO. The van der Waals surface area contributed by atoms with Crippen molar-refractivity contribution in [2.75, 3.05) is 13.2 Å². The molecule has 2 N–H and O–H groups in total. The second kappa shape index (κ2) is 4.98. The highest BCUT2D eigenvalue weighted by molar-refractivity contribution is 5.31. The first-order valence-corrected chi connectivity index (χ1v) is 6.12. The lowest BCUT2D eigenvalue weighted by molar-refractivity contribution is 0.184. The summed E-state index contributed by atoms with van der Waals surface area (Å²) >= 11 is 0. The predicted octanol–water partition coefficient (Wildman–Crippen LogP) is 2.34. The Morgan fingerprint density at radius 1 is 1.25 bits per heavy atom. The predicted molar refractivity (Wildman–Crippen MR) is 66.5 cm³/mol. The van der Waals surface area contributed by atoms with Gasteiger partial charge in [-0.1, -0.05) is 18.2 Å². The van der Waals surface area contributed by atoms with Crippen LogP contribution in [0.2, 0.25) is 0 Å². The Hall–Kier alpha value is -0.860. The van der Waals surface area contributed by atoms with Crippen LogP contribution in [-0.4, -0.2) is 18.3 Å². The van der Waals surface area contributed by atoms with Crippen molar-refractivity contribution in [1.82, 2.24) is 5.32 Å². The summed E-state index contributed by atoms with van der Waals surface area (Å²) in [5, 5.41) is 12.6. The summed E-state index contributed by atoms with van der Waals surface area (Å²) < 4.78 is 0. The lowest BCUT2D eigenvalue weighted by Crippen LogP contribution is -2.34. The quantitative estimate of drug-likeness (QED) is 0.800. The van der Waals surface area contributed by atoms with E-state index >= 15 is 0 Å². The van der Waals surface area contributed by atoms with Crippen molar-refractivity contribution in [2.24, 2.45) is 5.92 Å². The summed E-state index contributed by atoms with van der Waals surface area (Å²) in [6.07, 6.45) is 2.26. The first-order valence-electron chi connectivity index (χ1n) is 6.12. The van der Waals surface area contributed by atoms with Crippen molar-refractivity contribution in [3.05, 3.63) is 34.9 Å². The summed E-state index contributed by atoms with van der Waals surface area (Å²) in [5.41, 5.74) is 4.11. The zero-order valence-electron chi connectivity index (χ0n) is 10.2. The molecule has 2 nitrogen and oxygen atoms in total. The summed E-state index contributed by atoms with van der Waals surface area (Å²) in [6, 6.07) is 7.18. The van der Waals surface area contributed by atoms with Gasteiger partial charge in [-0.2, -0.15) is 0 Å². The number of benzene rings is 1. The maximum absolute atomic E-state index is 9.09. The molecule has 1 saturated heterocycles. The molecule has 1 aromatic rings. The molecule has 0 amide bonds. The SMILES string of the molecule is Cc1ccc(C2CCC(CO)CN2)cc1C. The Bertz CT molecular complexity index is 354. The molecule has 0 aromatic heterocycles. The van der Waals surface area contributed by atoms with Crippen LogP contribution in [0.1, 0.15) is 35.6 Å². The molecule has 0 saturated carbocycles. The monoisotopic (exact) mass is 219 g/mol. The molecule has 2 heteroatoms. The number of aliphatic hydroxyl groups is 1. The van der Waals surface area contributed by atoms with E-state index < -0.39 is 0 Å². The first kappa shape index (κ1) is 11.6. The van der Waals surface area contributed by atoms with Crippen molar-refractivity contribution < 1.29 is 5.11 Å². The van der Waals surface area contributed by atoms with Crippen molar-refractivity contribution >= 4 is 0 Å². The van der Waals surface area contributed by atoms with Crippen LogP contribution in [-0.2, 0) is 0 Å².